The van der Waals surface area contributed by atoms with Gasteiger partial charge in [0.05, 0.1) is 25.4 Å². The van der Waals surface area contributed by atoms with Crippen LogP contribution in [-0.2, 0) is 18.9 Å². The van der Waals surface area contributed by atoms with Crippen molar-refractivity contribution in [2.75, 3.05) is 40.6 Å². The second-order valence-electron chi connectivity index (χ2n) is 3.97. The van der Waals surface area contributed by atoms with Gasteiger partial charge in [0, 0.05) is 33.5 Å². The monoisotopic (exact) mass is 233 g/mol. The van der Waals surface area contributed by atoms with Crippen molar-refractivity contribution in [3.8, 4) is 0 Å². The van der Waals surface area contributed by atoms with Crippen LogP contribution in [0, 0.1) is 0 Å². The van der Waals surface area contributed by atoms with Crippen LogP contribution < -0.4 is 5.73 Å². The fourth-order valence-electron chi connectivity index (χ4n) is 1.77. The van der Waals surface area contributed by atoms with Crippen LogP contribution in [-0.4, -0.2) is 58.9 Å². The van der Waals surface area contributed by atoms with E-state index >= 15 is 0 Å². The van der Waals surface area contributed by atoms with Gasteiger partial charge >= 0.3 is 0 Å². The molecule has 0 bridgehead atoms. The lowest BCUT2D eigenvalue weighted by atomic mass is 9.86. The maximum Gasteiger partial charge on any atom is 0.0984 e. The lowest BCUT2D eigenvalue weighted by molar-refractivity contribution is -0.133. The van der Waals surface area contributed by atoms with Crippen LogP contribution >= 0.6 is 0 Å². The molecule has 3 unspecified atom stereocenters. The van der Waals surface area contributed by atoms with Crippen LogP contribution in [0.3, 0.4) is 0 Å². The molecule has 16 heavy (non-hydrogen) atoms. The third-order valence-corrected chi connectivity index (χ3v) is 2.76. The minimum absolute atomic E-state index is 0.0495. The Morgan fingerprint density at radius 1 is 1.12 bits per heavy atom. The van der Waals surface area contributed by atoms with Crippen LogP contribution in [0.2, 0.25) is 0 Å². The number of rotatable bonds is 9. The third-order valence-electron chi connectivity index (χ3n) is 2.76. The predicted octanol–water partition coefficient (Wildman–Crippen LogP) is 0.171. The summed E-state index contributed by atoms with van der Waals surface area (Å²) in [5.74, 6) is 0. The summed E-state index contributed by atoms with van der Waals surface area (Å²) >= 11 is 0. The zero-order valence-electron chi connectivity index (χ0n) is 10.2. The lowest BCUT2D eigenvalue weighted by Gasteiger charge is -2.40. The number of ether oxygens (including phenoxy) is 4. The van der Waals surface area contributed by atoms with Crippen molar-refractivity contribution in [1.29, 1.82) is 0 Å². The Labute approximate surface area is 97.2 Å². The van der Waals surface area contributed by atoms with Crippen molar-refractivity contribution < 1.29 is 18.9 Å². The maximum absolute atomic E-state index is 5.76. The summed E-state index contributed by atoms with van der Waals surface area (Å²) in [5, 5.41) is 0. The number of hydrogen-bond donors (Lipinski definition) is 1. The smallest absolute Gasteiger partial charge is 0.0984 e. The Morgan fingerprint density at radius 2 is 1.94 bits per heavy atom. The highest BCUT2D eigenvalue weighted by Crippen LogP contribution is 2.24. The molecular weight excluding hydrogens is 210 g/mol. The SMILES string of the molecule is COCCCOCCOC1CC(N)C1OC. The highest BCUT2D eigenvalue weighted by atomic mass is 16.6. The maximum atomic E-state index is 5.76. The van der Waals surface area contributed by atoms with Gasteiger partial charge in [-0.05, 0) is 12.8 Å². The Hall–Kier alpha value is -0.200. The molecule has 0 radical (unpaired) electrons. The van der Waals surface area contributed by atoms with Crippen LogP contribution in [0.4, 0.5) is 0 Å². The standard InChI is InChI=1S/C11H23NO4/c1-13-4-3-5-15-6-7-16-10-8-9(12)11(10)14-2/h9-11H,3-8,12H2,1-2H3. The van der Waals surface area contributed by atoms with Gasteiger partial charge in [0.15, 0.2) is 0 Å². The largest absolute Gasteiger partial charge is 0.385 e. The molecular formula is C11H23NO4. The Bertz CT molecular complexity index is 179. The topological polar surface area (TPSA) is 62.9 Å². The molecule has 1 aliphatic rings. The third kappa shape index (κ3) is 4.35. The fraction of sp³-hybridized carbons (Fsp3) is 1.00. The van der Waals surface area contributed by atoms with Crippen molar-refractivity contribution >= 4 is 0 Å². The number of nitrogens with two attached hydrogens (primary N) is 1. The van der Waals surface area contributed by atoms with E-state index in [-0.39, 0.29) is 18.2 Å². The summed E-state index contributed by atoms with van der Waals surface area (Å²) in [6, 6.07) is 0.123. The van der Waals surface area contributed by atoms with E-state index in [9.17, 15) is 0 Å². The minimum Gasteiger partial charge on any atom is -0.385 e. The first-order chi connectivity index (χ1) is 7.79. The van der Waals surface area contributed by atoms with Gasteiger partial charge in [-0.3, -0.25) is 0 Å². The molecule has 0 saturated heterocycles. The van der Waals surface area contributed by atoms with E-state index in [4.69, 9.17) is 24.7 Å². The molecule has 0 amide bonds. The van der Waals surface area contributed by atoms with Crippen molar-refractivity contribution in [1.82, 2.24) is 0 Å². The van der Waals surface area contributed by atoms with Gasteiger partial charge in [-0.25, -0.2) is 0 Å². The molecule has 1 aliphatic carbocycles. The van der Waals surface area contributed by atoms with Crippen LogP contribution in [0.15, 0.2) is 0 Å². The van der Waals surface area contributed by atoms with Crippen LogP contribution in [0.1, 0.15) is 12.8 Å². The normalized spacial score (nSPS) is 29.1. The predicted molar refractivity (Wildman–Crippen MR) is 60.4 cm³/mol. The van der Waals surface area contributed by atoms with E-state index in [0.717, 1.165) is 26.1 Å². The van der Waals surface area contributed by atoms with Crippen LogP contribution in [0.25, 0.3) is 0 Å². The number of methoxy groups -OCH3 is 2. The summed E-state index contributed by atoms with van der Waals surface area (Å²) in [7, 11) is 3.36. The van der Waals surface area contributed by atoms with E-state index < -0.39 is 0 Å². The summed E-state index contributed by atoms with van der Waals surface area (Å²) < 4.78 is 21.1. The summed E-state index contributed by atoms with van der Waals surface area (Å²) in [6.07, 6.45) is 1.99. The van der Waals surface area contributed by atoms with E-state index in [1.165, 1.54) is 0 Å². The summed E-state index contributed by atoms with van der Waals surface area (Å²) in [4.78, 5) is 0. The lowest BCUT2D eigenvalue weighted by Crippen LogP contribution is -2.57. The first-order valence-corrected chi connectivity index (χ1v) is 5.76. The molecule has 0 aromatic rings. The van der Waals surface area contributed by atoms with Gasteiger partial charge in [0.25, 0.3) is 0 Å². The van der Waals surface area contributed by atoms with Gasteiger partial charge in [-0.1, -0.05) is 0 Å². The quantitative estimate of drug-likeness (QED) is 0.575. The molecule has 96 valence electrons. The molecule has 0 spiro atoms. The highest BCUT2D eigenvalue weighted by Gasteiger charge is 2.39. The average molecular weight is 233 g/mol. The first kappa shape index (κ1) is 13.9. The minimum atomic E-state index is 0.0495. The average Bonchev–Trinajstić information content (AvgIpc) is 2.26. The molecule has 3 atom stereocenters. The molecule has 0 aromatic carbocycles. The van der Waals surface area contributed by atoms with E-state index in [1.54, 1.807) is 14.2 Å². The van der Waals surface area contributed by atoms with E-state index in [1.807, 2.05) is 0 Å². The zero-order valence-corrected chi connectivity index (χ0v) is 10.2. The Morgan fingerprint density at radius 3 is 2.56 bits per heavy atom. The molecule has 5 heteroatoms. The van der Waals surface area contributed by atoms with Crippen molar-refractivity contribution in [3.05, 3.63) is 0 Å². The van der Waals surface area contributed by atoms with E-state index in [2.05, 4.69) is 0 Å². The number of hydrogen-bond acceptors (Lipinski definition) is 5. The molecule has 1 saturated carbocycles. The molecule has 0 aliphatic heterocycles. The molecule has 0 heterocycles. The fourth-order valence-corrected chi connectivity index (χ4v) is 1.77. The second kappa shape index (κ2) is 7.97. The second-order valence-corrected chi connectivity index (χ2v) is 3.97. The first-order valence-electron chi connectivity index (χ1n) is 5.76. The Balaban J connectivity index is 1.88. The van der Waals surface area contributed by atoms with Gasteiger partial charge in [-0.2, -0.15) is 0 Å². The van der Waals surface area contributed by atoms with Crippen molar-refractivity contribution in [2.45, 2.75) is 31.1 Å². The molecule has 1 fully saturated rings. The van der Waals surface area contributed by atoms with E-state index in [0.29, 0.717) is 13.2 Å². The van der Waals surface area contributed by atoms with Crippen LogP contribution in [0.5, 0.6) is 0 Å². The molecule has 2 N–H and O–H groups in total. The highest BCUT2D eigenvalue weighted by molar-refractivity contribution is 4.94. The van der Waals surface area contributed by atoms with Gasteiger partial charge < -0.3 is 24.7 Å². The molecule has 0 aromatic heterocycles. The van der Waals surface area contributed by atoms with Gasteiger partial charge in [0.1, 0.15) is 0 Å². The van der Waals surface area contributed by atoms with Gasteiger partial charge in [0.2, 0.25) is 0 Å². The zero-order chi connectivity index (χ0) is 11.8. The van der Waals surface area contributed by atoms with Crippen molar-refractivity contribution in [2.24, 2.45) is 5.73 Å². The molecule has 5 nitrogen and oxygen atoms in total. The van der Waals surface area contributed by atoms with Gasteiger partial charge in [-0.15, -0.1) is 0 Å². The van der Waals surface area contributed by atoms with Crippen molar-refractivity contribution in [3.63, 3.8) is 0 Å². The summed E-state index contributed by atoms with van der Waals surface area (Å²) in [5.41, 5.74) is 5.76. The summed E-state index contributed by atoms with van der Waals surface area (Å²) in [6.45, 7) is 2.68. The Kier molecular flexibility index (Phi) is 6.91. The molecule has 1 rings (SSSR count).